The number of Topliss-reactive ketones (excluding diaryl/α,β-unsaturated/α-hetero) is 3. The quantitative estimate of drug-likeness (QED) is 0.0132. The number of benzene rings is 1. The standard InChI is InChI=1S/C61H104N6O16S/c1-46(59(73)48(3)53(25-16-17-26-56(62)63)55(70)43-50(60(64)74)42-49-27-29-51(68)30-28-49)22-18-19-33-65-58(72)45-83-40-37-80-35-21-24-52(69)44-82-39-38-81-36-34-66-57(71)32-31-54(61(75)76)67-47(2)23-15-13-11-9-7-5-4-6-8-10-12-14-20-41-84(77,78)79/h27-30,46,48,50,53-54,67-68H,2,4-26,31-45H2,1,3H3,(H3,62,63)(H2,64,74)(H,65,72)(H,66,71)(H,75,76)(H,77,78,79)/t46-,48?,50+,53+,54-/m0/s1. The van der Waals surface area contributed by atoms with Gasteiger partial charge in [-0.2, -0.15) is 8.42 Å². The second-order valence-electron chi connectivity index (χ2n) is 22.1. The minimum absolute atomic E-state index is 0.0219. The molecule has 0 fully saturated rings. The molecule has 0 spiro atoms. The third-order valence-electron chi connectivity index (χ3n) is 14.6. The molecule has 0 aromatic heterocycles. The number of aliphatic carboxylic acids is 1. The number of allylic oxidation sites excluding steroid dienone is 1. The number of rotatable bonds is 58. The maximum Gasteiger partial charge on any atom is 0.326 e. The number of carboxylic acids is 1. The molecule has 1 rings (SSSR count). The summed E-state index contributed by atoms with van der Waals surface area (Å²) in [5.74, 6) is -4.98. The predicted molar refractivity (Wildman–Crippen MR) is 323 cm³/mol. The number of carbonyl (C=O) groups is 7. The first-order valence-corrected chi connectivity index (χ1v) is 32.1. The lowest BCUT2D eigenvalue weighted by molar-refractivity contribution is -0.139. The molecule has 0 radical (unpaired) electrons. The van der Waals surface area contributed by atoms with Crippen molar-refractivity contribution in [1.29, 1.82) is 5.41 Å². The SMILES string of the molecule is C=C(CCCCCCCCCCCCCCCS(=O)(=O)O)N[C@@H](CCC(=O)NCCOCCOCC(=O)CCCOCCOCC(=O)NCCCC[C@H](C)C(=O)C(C)[C@@H](CCCCC(=N)N)C(=O)C[C@@H](Cc1ccc(O)cc1)C(N)=O)C(=O)O. The van der Waals surface area contributed by atoms with Gasteiger partial charge in [0.05, 0.1) is 44.6 Å². The molecule has 84 heavy (non-hydrogen) atoms. The van der Waals surface area contributed by atoms with Gasteiger partial charge < -0.3 is 56.6 Å². The van der Waals surface area contributed by atoms with E-state index in [1.54, 1.807) is 19.1 Å². The maximum absolute atomic E-state index is 13.7. The van der Waals surface area contributed by atoms with E-state index in [4.69, 9.17) is 40.4 Å². The van der Waals surface area contributed by atoms with Crippen molar-refractivity contribution < 1.29 is 75.7 Å². The molecule has 0 heterocycles. The van der Waals surface area contributed by atoms with Gasteiger partial charge in [0.2, 0.25) is 17.7 Å². The van der Waals surface area contributed by atoms with Gasteiger partial charge in [-0.05, 0) is 81.9 Å². The highest BCUT2D eigenvalue weighted by atomic mass is 32.2. The first kappa shape index (κ1) is 76.7. The molecule has 0 saturated carbocycles. The predicted octanol–water partition coefficient (Wildman–Crippen LogP) is 7.45. The van der Waals surface area contributed by atoms with Crippen molar-refractivity contribution in [2.24, 2.45) is 35.1 Å². The van der Waals surface area contributed by atoms with Gasteiger partial charge in [0.25, 0.3) is 10.1 Å². The lowest BCUT2D eigenvalue weighted by Crippen LogP contribution is -2.37. The Kier molecular flexibility index (Phi) is 43.7. The molecule has 0 bridgehead atoms. The number of ketones is 3. The van der Waals surface area contributed by atoms with Gasteiger partial charge in [-0.1, -0.05) is 116 Å². The number of unbranched alkanes of at least 4 members (excludes halogenated alkanes) is 14. The van der Waals surface area contributed by atoms with E-state index in [-0.39, 0.29) is 137 Å². The molecule has 22 nitrogen and oxygen atoms in total. The number of primary amides is 1. The molecule has 5 atom stereocenters. The summed E-state index contributed by atoms with van der Waals surface area (Å²) in [6.07, 6.45) is 18.9. The summed E-state index contributed by atoms with van der Waals surface area (Å²) in [6.45, 7) is 9.39. The zero-order valence-corrected chi connectivity index (χ0v) is 51.3. The molecule has 3 amide bonds. The minimum atomic E-state index is -3.85. The minimum Gasteiger partial charge on any atom is -0.508 e. The smallest absolute Gasteiger partial charge is 0.326 e. The highest BCUT2D eigenvalue weighted by Crippen LogP contribution is 2.29. The number of phenolic OH excluding ortho intramolecular Hbond substituents is 1. The van der Waals surface area contributed by atoms with Crippen molar-refractivity contribution in [1.82, 2.24) is 16.0 Å². The van der Waals surface area contributed by atoms with E-state index in [2.05, 4.69) is 22.5 Å². The van der Waals surface area contributed by atoms with Crippen molar-refractivity contribution in [2.45, 2.75) is 193 Å². The number of ether oxygens (including phenoxy) is 4. The number of nitrogens with two attached hydrogens (primary N) is 2. The highest BCUT2D eigenvalue weighted by molar-refractivity contribution is 7.85. The van der Waals surface area contributed by atoms with E-state index in [1.165, 1.54) is 37.8 Å². The average Bonchev–Trinajstić information content (AvgIpc) is 3.47. The topological polar surface area (TPSA) is 363 Å². The van der Waals surface area contributed by atoms with Crippen molar-refractivity contribution in [2.75, 3.05) is 71.7 Å². The van der Waals surface area contributed by atoms with Crippen LogP contribution in [0, 0.1) is 29.1 Å². The van der Waals surface area contributed by atoms with Crippen molar-refractivity contribution in [3.05, 3.63) is 42.1 Å². The van der Waals surface area contributed by atoms with E-state index in [1.807, 2.05) is 6.92 Å². The second kappa shape index (κ2) is 47.9. The summed E-state index contributed by atoms with van der Waals surface area (Å²) in [4.78, 5) is 88.5. The monoisotopic (exact) mass is 1210 g/mol. The summed E-state index contributed by atoms with van der Waals surface area (Å²) < 4.78 is 52.0. The number of hydrogen-bond donors (Lipinski definition) is 9. The van der Waals surface area contributed by atoms with Crippen LogP contribution in [0.1, 0.15) is 186 Å². The van der Waals surface area contributed by atoms with Gasteiger partial charge in [-0.3, -0.25) is 38.7 Å². The fraction of sp³-hybridized carbons (Fsp3) is 0.738. The first-order chi connectivity index (χ1) is 40.1. The highest BCUT2D eigenvalue weighted by Gasteiger charge is 2.34. The first-order valence-electron chi connectivity index (χ1n) is 30.5. The van der Waals surface area contributed by atoms with E-state index < -0.39 is 45.8 Å². The van der Waals surface area contributed by atoms with Crippen LogP contribution in [-0.2, 0) is 69.0 Å². The average molecular weight is 1210 g/mol. The Morgan fingerprint density at radius 3 is 1.76 bits per heavy atom. The Balaban J connectivity index is 2.10. The van der Waals surface area contributed by atoms with E-state index in [0.717, 1.165) is 56.9 Å². The molecule has 11 N–H and O–H groups in total. The van der Waals surface area contributed by atoms with Crippen LogP contribution in [0.5, 0.6) is 5.75 Å². The van der Waals surface area contributed by atoms with Gasteiger partial charge in [0.1, 0.15) is 36.6 Å². The Labute approximate surface area is 500 Å². The molecular weight excluding hydrogens is 1100 g/mol. The zero-order chi connectivity index (χ0) is 62.4. The third kappa shape index (κ3) is 42.5. The molecule has 0 aliphatic heterocycles. The summed E-state index contributed by atoms with van der Waals surface area (Å²) in [7, 11) is -3.85. The summed E-state index contributed by atoms with van der Waals surface area (Å²) >= 11 is 0. The van der Waals surface area contributed by atoms with Crippen LogP contribution in [0.3, 0.4) is 0 Å². The van der Waals surface area contributed by atoms with Gasteiger partial charge in [-0.25, -0.2) is 4.79 Å². The lowest BCUT2D eigenvalue weighted by atomic mass is 9.76. The van der Waals surface area contributed by atoms with Crippen LogP contribution in [0.15, 0.2) is 36.5 Å². The number of phenols is 1. The van der Waals surface area contributed by atoms with Crippen LogP contribution >= 0.6 is 0 Å². The van der Waals surface area contributed by atoms with Crippen LogP contribution in [0.25, 0.3) is 0 Å². The molecule has 0 saturated heterocycles. The molecule has 0 aliphatic rings. The number of amidine groups is 1. The fourth-order valence-electron chi connectivity index (χ4n) is 9.60. The molecule has 23 heteroatoms. The van der Waals surface area contributed by atoms with Gasteiger partial charge in [-0.15, -0.1) is 0 Å². The number of nitrogens with one attached hydrogen (secondary N) is 4. The summed E-state index contributed by atoms with van der Waals surface area (Å²) in [6, 6.07) is 5.42. The van der Waals surface area contributed by atoms with Crippen LogP contribution < -0.4 is 27.4 Å². The van der Waals surface area contributed by atoms with E-state index >= 15 is 0 Å². The van der Waals surface area contributed by atoms with E-state index in [9.17, 15) is 52.2 Å². The molecule has 1 aromatic rings. The fourth-order valence-corrected chi connectivity index (χ4v) is 10.2. The van der Waals surface area contributed by atoms with Gasteiger partial charge in [0, 0.05) is 74.7 Å². The molecule has 480 valence electrons. The Hall–Kier alpha value is -5.33. The summed E-state index contributed by atoms with van der Waals surface area (Å²) in [5, 5.41) is 35.3. The Morgan fingerprint density at radius 1 is 0.619 bits per heavy atom. The molecular formula is C61H104N6O16S. The van der Waals surface area contributed by atoms with Crippen LogP contribution in [-0.4, -0.2) is 148 Å². The van der Waals surface area contributed by atoms with E-state index in [0.29, 0.717) is 83.1 Å². The maximum atomic E-state index is 13.7. The van der Waals surface area contributed by atoms with Crippen LogP contribution in [0.4, 0.5) is 0 Å². The third-order valence-corrected chi connectivity index (χ3v) is 15.4. The Morgan fingerprint density at radius 2 is 1.17 bits per heavy atom. The summed E-state index contributed by atoms with van der Waals surface area (Å²) in [5.41, 5.74) is 12.6. The Bertz CT molecular complexity index is 2180. The van der Waals surface area contributed by atoms with Gasteiger partial charge in [0.15, 0.2) is 5.78 Å². The number of hydrogen-bond acceptors (Lipinski definition) is 16. The van der Waals surface area contributed by atoms with Crippen molar-refractivity contribution >= 4 is 57.0 Å². The number of carbonyl (C=O) groups excluding carboxylic acids is 6. The van der Waals surface area contributed by atoms with Crippen molar-refractivity contribution in [3.63, 3.8) is 0 Å². The van der Waals surface area contributed by atoms with Crippen molar-refractivity contribution in [3.8, 4) is 5.75 Å². The van der Waals surface area contributed by atoms with Crippen LogP contribution in [0.2, 0.25) is 0 Å². The lowest BCUT2D eigenvalue weighted by Gasteiger charge is -2.26. The largest absolute Gasteiger partial charge is 0.508 e. The number of aromatic hydroxyl groups is 1. The molecule has 0 aliphatic carbocycles. The number of amides is 3. The van der Waals surface area contributed by atoms with Gasteiger partial charge >= 0.3 is 5.97 Å². The molecule has 1 aromatic carbocycles. The zero-order valence-electron chi connectivity index (χ0n) is 50.5. The number of carboxylic acid groups (broad SMARTS) is 1. The normalized spacial score (nSPS) is 13.3. The molecule has 1 unspecified atom stereocenters. The second-order valence-corrected chi connectivity index (χ2v) is 23.7.